The van der Waals surface area contributed by atoms with Gasteiger partial charge in [0.1, 0.15) is 11.5 Å². The Morgan fingerprint density at radius 1 is 0.931 bits per heavy atom. The van der Waals surface area contributed by atoms with Crippen LogP contribution in [-0.2, 0) is 6.54 Å². The van der Waals surface area contributed by atoms with E-state index in [1.54, 1.807) is 38.5 Å². The lowest BCUT2D eigenvalue weighted by Gasteiger charge is -2.12. The van der Waals surface area contributed by atoms with Crippen LogP contribution in [0.15, 0.2) is 53.5 Å². The van der Waals surface area contributed by atoms with Crippen LogP contribution in [0.1, 0.15) is 22.8 Å². The van der Waals surface area contributed by atoms with E-state index in [-0.39, 0.29) is 29.9 Å². The van der Waals surface area contributed by atoms with Crippen molar-refractivity contribution in [2.75, 3.05) is 33.9 Å². The third-order valence-corrected chi connectivity index (χ3v) is 3.96. The van der Waals surface area contributed by atoms with Gasteiger partial charge in [0.25, 0.3) is 5.91 Å². The summed E-state index contributed by atoms with van der Waals surface area (Å²) < 4.78 is 10.3. The summed E-state index contributed by atoms with van der Waals surface area (Å²) in [6.07, 6.45) is 0. The van der Waals surface area contributed by atoms with E-state index in [9.17, 15) is 4.79 Å². The molecule has 0 aliphatic heterocycles. The van der Waals surface area contributed by atoms with Crippen molar-refractivity contribution in [2.24, 2.45) is 4.99 Å². The van der Waals surface area contributed by atoms with Crippen LogP contribution in [0.3, 0.4) is 0 Å². The number of hydrogen-bond acceptors (Lipinski definition) is 4. The number of halogens is 1. The number of guanidine groups is 1. The Balaban J connectivity index is 0.00000420. The van der Waals surface area contributed by atoms with Crippen molar-refractivity contribution in [3.63, 3.8) is 0 Å². The van der Waals surface area contributed by atoms with Crippen LogP contribution in [0.4, 0.5) is 0 Å². The van der Waals surface area contributed by atoms with Crippen LogP contribution in [0.5, 0.6) is 11.5 Å². The van der Waals surface area contributed by atoms with Gasteiger partial charge in [0, 0.05) is 25.2 Å². The normalized spacial score (nSPS) is 10.5. The van der Waals surface area contributed by atoms with Crippen LogP contribution in [0.2, 0.25) is 0 Å². The minimum Gasteiger partial charge on any atom is -0.497 e. The molecule has 2 aromatic carbocycles. The molecule has 158 valence electrons. The highest BCUT2D eigenvalue weighted by Gasteiger charge is 2.06. The molecule has 0 spiro atoms. The molecule has 0 atom stereocenters. The number of ether oxygens (including phenoxy) is 2. The van der Waals surface area contributed by atoms with E-state index >= 15 is 0 Å². The van der Waals surface area contributed by atoms with Gasteiger partial charge in [-0.15, -0.1) is 24.0 Å². The number of rotatable bonds is 9. The van der Waals surface area contributed by atoms with Crippen molar-refractivity contribution < 1.29 is 14.3 Å². The number of amides is 1. The number of carbonyl (C=O) groups is 1. The minimum absolute atomic E-state index is 0. The third kappa shape index (κ3) is 8.59. The molecule has 29 heavy (non-hydrogen) atoms. The zero-order valence-corrected chi connectivity index (χ0v) is 19.4. The molecular formula is C21H29IN4O3. The molecule has 0 radical (unpaired) electrons. The molecule has 0 aliphatic carbocycles. The number of hydrogen-bond donors (Lipinski definition) is 3. The standard InChI is InChI=1S/C21H28N4O3.HI/c1-4-22-21(25-15-16-8-10-18(27-2)11-9-16)24-13-12-23-20(26)17-6-5-7-19(14-17)28-3;/h5-11,14H,4,12-13,15H2,1-3H3,(H,23,26)(H2,22,24,25);1H. The molecule has 2 rings (SSSR count). The first-order valence-corrected chi connectivity index (χ1v) is 9.23. The summed E-state index contributed by atoms with van der Waals surface area (Å²) in [6.45, 7) is 4.35. The topological polar surface area (TPSA) is 84.0 Å². The SMILES string of the molecule is CCNC(=NCc1ccc(OC)cc1)NCCNC(=O)c1cccc(OC)c1.I. The number of carbonyl (C=O) groups excluding carboxylic acids is 1. The Morgan fingerprint density at radius 2 is 1.62 bits per heavy atom. The second-order valence-corrected chi connectivity index (χ2v) is 5.96. The predicted octanol–water partition coefficient (Wildman–Crippen LogP) is 2.81. The maximum absolute atomic E-state index is 12.2. The second-order valence-electron chi connectivity index (χ2n) is 5.96. The smallest absolute Gasteiger partial charge is 0.251 e. The fourth-order valence-electron chi connectivity index (χ4n) is 2.47. The molecule has 7 nitrogen and oxygen atoms in total. The Bertz CT molecular complexity index is 782. The third-order valence-electron chi connectivity index (χ3n) is 3.96. The maximum atomic E-state index is 12.2. The fraction of sp³-hybridized carbons (Fsp3) is 0.333. The van der Waals surface area contributed by atoms with Crippen molar-refractivity contribution in [1.29, 1.82) is 0 Å². The number of methoxy groups -OCH3 is 2. The Labute approximate surface area is 189 Å². The van der Waals surface area contributed by atoms with E-state index in [1.807, 2.05) is 31.2 Å². The van der Waals surface area contributed by atoms with Crippen LogP contribution in [0.25, 0.3) is 0 Å². The number of nitrogens with one attached hydrogen (secondary N) is 3. The summed E-state index contributed by atoms with van der Waals surface area (Å²) in [5.41, 5.74) is 1.66. The van der Waals surface area contributed by atoms with Gasteiger partial charge in [-0.3, -0.25) is 4.79 Å². The zero-order chi connectivity index (χ0) is 20.2. The second kappa shape index (κ2) is 13.6. The van der Waals surface area contributed by atoms with Crippen molar-refractivity contribution in [3.05, 3.63) is 59.7 Å². The monoisotopic (exact) mass is 512 g/mol. The first kappa shape index (κ1) is 24.5. The molecular weight excluding hydrogens is 483 g/mol. The van der Waals surface area contributed by atoms with Gasteiger partial charge in [0.2, 0.25) is 0 Å². The lowest BCUT2D eigenvalue weighted by atomic mass is 10.2. The van der Waals surface area contributed by atoms with Gasteiger partial charge < -0.3 is 25.4 Å². The van der Waals surface area contributed by atoms with Crippen molar-refractivity contribution in [3.8, 4) is 11.5 Å². The molecule has 0 unspecified atom stereocenters. The first-order chi connectivity index (χ1) is 13.7. The Kier molecular flexibility index (Phi) is 11.6. The molecule has 0 bridgehead atoms. The summed E-state index contributed by atoms with van der Waals surface area (Å²) in [5, 5.41) is 9.29. The molecule has 0 saturated heterocycles. The molecule has 2 aromatic rings. The molecule has 3 N–H and O–H groups in total. The van der Waals surface area contributed by atoms with Gasteiger partial charge in [0.15, 0.2) is 5.96 Å². The summed E-state index contributed by atoms with van der Waals surface area (Å²) in [7, 11) is 3.22. The van der Waals surface area contributed by atoms with Gasteiger partial charge in [-0.25, -0.2) is 4.99 Å². The fourth-order valence-corrected chi connectivity index (χ4v) is 2.47. The van der Waals surface area contributed by atoms with E-state index in [1.165, 1.54) is 0 Å². The highest BCUT2D eigenvalue weighted by Crippen LogP contribution is 2.12. The Hall–Kier alpha value is -2.49. The Morgan fingerprint density at radius 3 is 2.28 bits per heavy atom. The van der Waals surface area contributed by atoms with Crippen LogP contribution < -0.4 is 25.4 Å². The highest BCUT2D eigenvalue weighted by atomic mass is 127. The lowest BCUT2D eigenvalue weighted by Crippen LogP contribution is -2.41. The summed E-state index contributed by atoms with van der Waals surface area (Å²) in [5.74, 6) is 2.05. The molecule has 8 heteroatoms. The molecule has 0 aliphatic rings. The van der Waals surface area contributed by atoms with Gasteiger partial charge in [0.05, 0.1) is 20.8 Å². The van der Waals surface area contributed by atoms with Gasteiger partial charge >= 0.3 is 0 Å². The molecule has 0 fully saturated rings. The van der Waals surface area contributed by atoms with Crippen molar-refractivity contribution in [1.82, 2.24) is 16.0 Å². The number of benzene rings is 2. The van der Waals surface area contributed by atoms with Crippen LogP contribution in [-0.4, -0.2) is 45.7 Å². The lowest BCUT2D eigenvalue weighted by molar-refractivity contribution is 0.0954. The molecule has 0 saturated carbocycles. The van der Waals surface area contributed by atoms with E-state index < -0.39 is 0 Å². The van der Waals surface area contributed by atoms with E-state index in [0.29, 0.717) is 36.9 Å². The zero-order valence-electron chi connectivity index (χ0n) is 17.0. The minimum atomic E-state index is -0.138. The van der Waals surface area contributed by atoms with E-state index in [4.69, 9.17) is 9.47 Å². The van der Waals surface area contributed by atoms with Crippen molar-refractivity contribution >= 4 is 35.8 Å². The number of aliphatic imine (C=N–C) groups is 1. The average Bonchev–Trinajstić information content (AvgIpc) is 2.75. The average molecular weight is 512 g/mol. The van der Waals surface area contributed by atoms with E-state index in [0.717, 1.165) is 17.9 Å². The van der Waals surface area contributed by atoms with Crippen LogP contribution in [0, 0.1) is 0 Å². The number of nitrogens with zero attached hydrogens (tertiary/aromatic N) is 1. The van der Waals surface area contributed by atoms with Gasteiger partial charge in [-0.1, -0.05) is 18.2 Å². The molecule has 0 heterocycles. The quantitative estimate of drug-likeness (QED) is 0.208. The van der Waals surface area contributed by atoms with Crippen LogP contribution >= 0.6 is 24.0 Å². The van der Waals surface area contributed by atoms with Crippen molar-refractivity contribution in [2.45, 2.75) is 13.5 Å². The first-order valence-electron chi connectivity index (χ1n) is 9.23. The molecule has 0 aromatic heterocycles. The maximum Gasteiger partial charge on any atom is 0.251 e. The summed E-state index contributed by atoms with van der Waals surface area (Å²) >= 11 is 0. The summed E-state index contributed by atoms with van der Waals surface area (Å²) in [6, 6.07) is 14.9. The van der Waals surface area contributed by atoms with Gasteiger partial charge in [-0.05, 0) is 42.8 Å². The predicted molar refractivity (Wildman–Crippen MR) is 127 cm³/mol. The largest absolute Gasteiger partial charge is 0.497 e. The summed E-state index contributed by atoms with van der Waals surface area (Å²) in [4.78, 5) is 16.8. The molecule has 1 amide bonds. The van der Waals surface area contributed by atoms with E-state index in [2.05, 4.69) is 20.9 Å². The highest BCUT2D eigenvalue weighted by molar-refractivity contribution is 14.0. The van der Waals surface area contributed by atoms with Gasteiger partial charge in [-0.2, -0.15) is 0 Å².